The molecule has 1 atom stereocenters. The van der Waals surface area contributed by atoms with Gasteiger partial charge in [0.25, 0.3) is 0 Å². The summed E-state index contributed by atoms with van der Waals surface area (Å²) in [7, 11) is 0. The van der Waals surface area contributed by atoms with E-state index in [4.69, 9.17) is 0 Å². The summed E-state index contributed by atoms with van der Waals surface area (Å²) in [5.41, 5.74) is 0. The van der Waals surface area contributed by atoms with Crippen LogP contribution < -0.4 is 5.32 Å². The van der Waals surface area contributed by atoms with Gasteiger partial charge in [0.05, 0.1) is 6.33 Å². The normalized spacial score (nSPS) is 13.0. The summed E-state index contributed by atoms with van der Waals surface area (Å²) in [4.78, 5) is 4.00. The Morgan fingerprint density at radius 1 is 1.50 bits per heavy atom. The van der Waals surface area contributed by atoms with Crippen molar-refractivity contribution in [2.75, 3.05) is 6.54 Å². The molecule has 0 aliphatic carbocycles. The van der Waals surface area contributed by atoms with Gasteiger partial charge in [0.1, 0.15) is 0 Å². The fourth-order valence-corrected chi connectivity index (χ4v) is 1.47. The second-order valence-corrected chi connectivity index (χ2v) is 3.80. The van der Waals surface area contributed by atoms with Crippen molar-refractivity contribution in [3.8, 4) is 0 Å². The monoisotopic (exact) mass is 195 g/mol. The van der Waals surface area contributed by atoms with Gasteiger partial charge in [-0.25, -0.2) is 4.98 Å². The topological polar surface area (TPSA) is 29.9 Å². The third-order valence-electron chi connectivity index (χ3n) is 2.41. The third kappa shape index (κ3) is 4.42. The summed E-state index contributed by atoms with van der Waals surface area (Å²) in [5.74, 6) is 0. The number of nitrogens with zero attached hydrogens (tertiary/aromatic N) is 2. The first-order chi connectivity index (χ1) is 6.83. The molecule has 1 unspecified atom stereocenters. The molecule has 14 heavy (non-hydrogen) atoms. The van der Waals surface area contributed by atoms with Crippen molar-refractivity contribution in [2.24, 2.45) is 0 Å². The van der Waals surface area contributed by atoms with E-state index in [1.54, 1.807) is 0 Å². The first-order valence-corrected chi connectivity index (χ1v) is 5.52. The van der Waals surface area contributed by atoms with Gasteiger partial charge in [-0.1, -0.05) is 19.8 Å². The Labute approximate surface area is 86.5 Å². The Kier molecular flexibility index (Phi) is 5.30. The molecule has 3 nitrogen and oxygen atoms in total. The first kappa shape index (κ1) is 11.2. The molecule has 1 N–H and O–H groups in total. The average molecular weight is 195 g/mol. The largest absolute Gasteiger partial charge is 0.336 e. The van der Waals surface area contributed by atoms with Gasteiger partial charge in [0.2, 0.25) is 0 Å². The van der Waals surface area contributed by atoms with Crippen molar-refractivity contribution in [1.82, 2.24) is 14.9 Å². The number of imidazole rings is 1. The summed E-state index contributed by atoms with van der Waals surface area (Å²) >= 11 is 0. The molecular weight excluding hydrogens is 174 g/mol. The molecule has 0 aliphatic rings. The maximum atomic E-state index is 4.00. The lowest BCUT2D eigenvalue weighted by molar-refractivity contribution is 0.476. The van der Waals surface area contributed by atoms with Crippen molar-refractivity contribution in [3.63, 3.8) is 0 Å². The average Bonchev–Trinajstić information content (AvgIpc) is 2.67. The zero-order valence-corrected chi connectivity index (χ0v) is 9.24. The van der Waals surface area contributed by atoms with E-state index >= 15 is 0 Å². The lowest BCUT2D eigenvalue weighted by Gasteiger charge is -2.13. The van der Waals surface area contributed by atoms with Crippen molar-refractivity contribution in [3.05, 3.63) is 18.7 Å². The van der Waals surface area contributed by atoms with Gasteiger partial charge in [-0.3, -0.25) is 0 Å². The number of hydrogen-bond donors (Lipinski definition) is 1. The first-order valence-electron chi connectivity index (χ1n) is 5.52. The third-order valence-corrected chi connectivity index (χ3v) is 2.41. The molecule has 1 aromatic rings. The van der Waals surface area contributed by atoms with Crippen LogP contribution in [0.15, 0.2) is 18.7 Å². The van der Waals surface area contributed by atoms with Crippen molar-refractivity contribution >= 4 is 0 Å². The van der Waals surface area contributed by atoms with E-state index in [1.165, 1.54) is 19.3 Å². The summed E-state index contributed by atoms with van der Waals surface area (Å²) in [6.07, 6.45) is 9.56. The predicted octanol–water partition coefficient (Wildman–Crippen LogP) is 2.05. The van der Waals surface area contributed by atoms with E-state index in [0.717, 1.165) is 13.1 Å². The van der Waals surface area contributed by atoms with Gasteiger partial charge in [0.15, 0.2) is 0 Å². The lowest BCUT2D eigenvalue weighted by Crippen LogP contribution is -2.29. The standard InChI is InChI=1S/C11H21N3/c1-3-4-5-11(2)13-7-9-14-8-6-12-10-14/h6,8,10-11,13H,3-5,7,9H2,1-2H3. The summed E-state index contributed by atoms with van der Waals surface area (Å²) in [6, 6.07) is 0.637. The number of unbranched alkanes of at least 4 members (excludes halogenated alkanes) is 1. The van der Waals surface area contributed by atoms with Crippen LogP contribution in [0.3, 0.4) is 0 Å². The smallest absolute Gasteiger partial charge is 0.0946 e. The molecular formula is C11H21N3. The fourth-order valence-electron chi connectivity index (χ4n) is 1.47. The zero-order valence-electron chi connectivity index (χ0n) is 9.24. The maximum Gasteiger partial charge on any atom is 0.0946 e. The second kappa shape index (κ2) is 6.60. The minimum absolute atomic E-state index is 0.637. The van der Waals surface area contributed by atoms with E-state index in [1.807, 2.05) is 18.7 Å². The van der Waals surface area contributed by atoms with Crippen LogP contribution in [0, 0.1) is 0 Å². The van der Waals surface area contributed by atoms with Crippen LogP contribution in [0.4, 0.5) is 0 Å². The van der Waals surface area contributed by atoms with Crippen LogP contribution in [-0.2, 0) is 6.54 Å². The van der Waals surface area contributed by atoms with E-state index in [9.17, 15) is 0 Å². The highest BCUT2D eigenvalue weighted by atomic mass is 15.0. The fraction of sp³-hybridized carbons (Fsp3) is 0.727. The molecule has 0 saturated carbocycles. The molecule has 1 heterocycles. The second-order valence-electron chi connectivity index (χ2n) is 3.80. The van der Waals surface area contributed by atoms with Crippen LogP contribution in [0.5, 0.6) is 0 Å². The molecule has 1 rings (SSSR count). The highest BCUT2D eigenvalue weighted by molar-refractivity contribution is 4.74. The summed E-state index contributed by atoms with van der Waals surface area (Å²) in [6.45, 7) is 6.53. The van der Waals surface area contributed by atoms with Crippen LogP contribution >= 0.6 is 0 Å². The predicted molar refractivity (Wildman–Crippen MR) is 59.2 cm³/mol. The van der Waals surface area contributed by atoms with E-state index in [0.29, 0.717) is 6.04 Å². The lowest BCUT2D eigenvalue weighted by atomic mass is 10.1. The van der Waals surface area contributed by atoms with Crippen molar-refractivity contribution in [2.45, 2.75) is 45.7 Å². The van der Waals surface area contributed by atoms with Crippen molar-refractivity contribution in [1.29, 1.82) is 0 Å². The Morgan fingerprint density at radius 2 is 2.36 bits per heavy atom. The molecule has 0 fully saturated rings. The summed E-state index contributed by atoms with van der Waals surface area (Å²) < 4.78 is 2.10. The zero-order chi connectivity index (χ0) is 10.2. The Bertz CT molecular complexity index is 218. The van der Waals surface area contributed by atoms with E-state index < -0.39 is 0 Å². The van der Waals surface area contributed by atoms with Gasteiger partial charge >= 0.3 is 0 Å². The van der Waals surface area contributed by atoms with Gasteiger partial charge in [0, 0.05) is 31.5 Å². The molecule has 0 spiro atoms. The maximum absolute atomic E-state index is 4.00. The van der Waals surface area contributed by atoms with E-state index in [2.05, 4.69) is 28.7 Å². The minimum Gasteiger partial charge on any atom is -0.336 e. The Morgan fingerprint density at radius 3 is 3.00 bits per heavy atom. The molecule has 80 valence electrons. The van der Waals surface area contributed by atoms with Crippen LogP contribution in [0.2, 0.25) is 0 Å². The van der Waals surface area contributed by atoms with E-state index in [-0.39, 0.29) is 0 Å². The van der Waals surface area contributed by atoms with Crippen molar-refractivity contribution < 1.29 is 0 Å². The minimum atomic E-state index is 0.637. The molecule has 0 aromatic carbocycles. The summed E-state index contributed by atoms with van der Waals surface area (Å²) in [5, 5.41) is 3.51. The molecule has 0 aliphatic heterocycles. The van der Waals surface area contributed by atoms with Gasteiger partial charge in [-0.05, 0) is 13.3 Å². The molecule has 0 radical (unpaired) electrons. The molecule has 1 aromatic heterocycles. The van der Waals surface area contributed by atoms with Crippen LogP contribution in [0.1, 0.15) is 33.1 Å². The number of nitrogens with one attached hydrogen (secondary N) is 1. The quantitative estimate of drug-likeness (QED) is 0.721. The van der Waals surface area contributed by atoms with Crippen LogP contribution in [0.25, 0.3) is 0 Å². The highest BCUT2D eigenvalue weighted by Gasteiger charge is 1.99. The molecule has 0 saturated heterocycles. The molecule has 0 amide bonds. The van der Waals surface area contributed by atoms with Gasteiger partial charge in [-0.15, -0.1) is 0 Å². The number of rotatable bonds is 7. The molecule has 3 heteroatoms. The Hall–Kier alpha value is -0.830. The highest BCUT2D eigenvalue weighted by Crippen LogP contribution is 1.98. The van der Waals surface area contributed by atoms with Gasteiger partial charge in [-0.2, -0.15) is 0 Å². The number of aromatic nitrogens is 2. The molecule has 0 bridgehead atoms. The Balaban J connectivity index is 2.03. The van der Waals surface area contributed by atoms with Crippen LogP contribution in [-0.4, -0.2) is 22.1 Å². The SMILES string of the molecule is CCCCC(C)NCCn1ccnc1. The van der Waals surface area contributed by atoms with Gasteiger partial charge < -0.3 is 9.88 Å². The number of hydrogen-bond acceptors (Lipinski definition) is 2.